The lowest BCUT2D eigenvalue weighted by atomic mass is 10.1. The number of carbonyl (C=O) groups excluding carboxylic acids is 1. The van der Waals surface area contributed by atoms with Gasteiger partial charge in [-0.1, -0.05) is 6.92 Å². The highest BCUT2D eigenvalue weighted by molar-refractivity contribution is 7.18. The highest BCUT2D eigenvalue weighted by Crippen LogP contribution is 2.28. The van der Waals surface area contributed by atoms with Crippen LogP contribution < -0.4 is 17.0 Å². The molecule has 2 aromatic heterocycles. The van der Waals surface area contributed by atoms with E-state index in [9.17, 15) is 14.4 Å². The van der Waals surface area contributed by atoms with Gasteiger partial charge in [0, 0.05) is 11.9 Å². The van der Waals surface area contributed by atoms with Crippen LogP contribution in [0.4, 0.5) is 0 Å². The number of nitrogens with zero attached hydrogens (tertiary/aromatic N) is 1. The van der Waals surface area contributed by atoms with E-state index in [1.54, 1.807) is 7.05 Å². The van der Waals surface area contributed by atoms with Crippen molar-refractivity contribution in [3.05, 3.63) is 31.3 Å². The van der Waals surface area contributed by atoms with Crippen LogP contribution in [0.1, 0.15) is 17.4 Å². The molecule has 0 spiro atoms. The van der Waals surface area contributed by atoms with Crippen LogP contribution in [-0.2, 0) is 24.7 Å². The van der Waals surface area contributed by atoms with Crippen LogP contribution >= 0.6 is 11.3 Å². The zero-order chi connectivity index (χ0) is 13.4. The number of aromatic nitrogens is 2. The third-order valence-corrected chi connectivity index (χ3v) is 4.25. The summed E-state index contributed by atoms with van der Waals surface area (Å²) in [5, 5.41) is 0.401. The SMILES string of the molecule is CCc1sc2c(c1CC(N)=O)c(=O)[nH]c(=O)n2C. The normalized spacial score (nSPS) is 11.0. The molecule has 2 heterocycles. The van der Waals surface area contributed by atoms with Crippen molar-refractivity contribution in [1.29, 1.82) is 0 Å². The van der Waals surface area contributed by atoms with Gasteiger partial charge in [-0.3, -0.25) is 19.1 Å². The average Bonchev–Trinajstić information content (AvgIpc) is 2.64. The maximum atomic E-state index is 11.9. The Morgan fingerprint density at radius 3 is 2.67 bits per heavy atom. The molecule has 0 saturated heterocycles. The summed E-state index contributed by atoms with van der Waals surface area (Å²) in [5.41, 5.74) is 4.93. The third-order valence-electron chi connectivity index (χ3n) is 2.80. The van der Waals surface area contributed by atoms with Gasteiger partial charge in [0.05, 0.1) is 11.8 Å². The van der Waals surface area contributed by atoms with Crippen molar-refractivity contribution in [3.63, 3.8) is 0 Å². The second-order valence-electron chi connectivity index (χ2n) is 4.00. The van der Waals surface area contributed by atoms with Gasteiger partial charge in [0.25, 0.3) is 5.56 Å². The maximum Gasteiger partial charge on any atom is 0.329 e. The van der Waals surface area contributed by atoms with Crippen molar-refractivity contribution in [3.8, 4) is 0 Å². The predicted octanol–water partition coefficient (Wildman–Crippen LogP) is -0.122. The average molecular weight is 267 g/mol. The van der Waals surface area contributed by atoms with Crippen LogP contribution in [0.25, 0.3) is 10.2 Å². The molecule has 0 fully saturated rings. The van der Waals surface area contributed by atoms with Crippen LogP contribution in [0.2, 0.25) is 0 Å². The topological polar surface area (TPSA) is 98.0 Å². The first-order valence-corrected chi connectivity index (χ1v) is 6.29. The lowest BCUT2D eigenvalue weighted by Gasteiger charge is -2.00. The third kappa shape index (κ3) is 1.86. The fourth-order valence-corrected chi connectivity index (χ4v) is 3.16. The van der Waals surface area contributed by atoms with Crippen molar-refractivity contribution in [2.75, 3.05) is 0 Å². The number of nitrogens with two attached hydrogens (primary N) is 1. The monoisotopic (exact) mass is 267 g/mol. The molecule has 96 valence electrons. The zero-order valence-corrected chi connectivity index (χ0v) is 10.9. The molecule has 0 aromatic carbocycles. The second kappa shape index (κ2) is 4.41. The molecule has 18 heavy (non-hydrogen) atoms. The van der Waals surface area contributed by atoms with Gasteiger partial charge < -0.3 is 5.73 Å². The highest BCUT2D eigenvalue weighted by atomic mass is 32.1. The summed E-state index contributed by atoms with van der Waals surface area (Å²) in [7, 11) is 1.59. The minimum absolute atomic E-state index is 0.0183. The molecule has 3 N–H and O–H groups in total. The summed E-state index contributed by atoms with van der Waals surface area (Å²) < 4.78 is 1.38. The lowest BCUT2D eigenvalue weighted by Crippen LogP contribution is -2.28. The number of carbonyl (C=O) groups is 1. The molecule has 6 nitrogen and oxygen atoms in total. The van der Waals surface area contributed by atoms with Crippen molar-refractivity contribution in [2.45, 2.75) is 19.8 Å². The van der Waals surface area contributed by atoms with Crippen molar-refractivity contribution >= 4 is 27.5 Å². The molecule has 1 amide bonds. The Bertz CT molecular complexity index is 738. The summed E-state index contributed by atoms with van der Waals surface area (Å²) in [4.78, 5) is 38.2. The minimum atomic E-state index is -0.488. The van der Waals surface area contributed by atoms with Crippen molar-refractivity contribution in [1.82, 2.24) is 9.55 Å². The summed E-state index contributed by atoms with van der Waals surface area (Å²) in [6.45, 7) is 1.93. The number of primary amides is 1. The van der Waals surface area contributed by atoms with E-state index in [0.717, 1.165) is 4.88 Å². The molecule has 0 aliphatic carbocycles. The van der Waals surface area contributed by atoms with Crippen molar-refractivity contribution < 1.29 is 4.79 Å². The molecule has 2 rings (SSSR count). The van der Waals surface area contributed by atoms with E-state index in [-0.39, 0.29) is 6.42 Å². The molecule has 7 heteroatoms. The molecule has 0 aliphatic heterocycles. The number of aromatic amines is 1. The number of amides is 1. The zero-order valence-electron chi connectivity index (χ0n) is 10.1. The predicted molar refractivity (Wildman–Crippen MR) is 70.0 cm³/mol. The number of hydrogen-bond acceptors (Lipinski definition) is 4. The molecule has 0 bridgehead atoms. The largest absolute Gasteiger partial charge is 0.369 e. The Morgan fingerprint density at radius 2 is 2.11 bits per heavy atom. The number of nitrogens with one attached hydrogen (secondary N) is 1. The smallest absolute Gasteiger partial charge is 0.329 e. The Hall–Kier alpha value is -1.89. The Labute approximate surface area is 106 Å². The first-order chi connectivity index (χ1) is 8.45. The molecule has 0 atom stereocenters. The van der Waals surface area contributed by atoms with Gasteiger partial charge in [0.15, 0.2) is 0 Å². The number of thiophene rings is 1. The van der Waals surface area contributed by atoms with Gasteiger partial charge in [-0.2, -0.15) is 0 Å². The fourth-order valence-electron chi connectivity index (χ4n) is 1.95. The molecule has 0 unspecified atom stereocenters. The quantitative estimate of drug-likeness (QED) is 0.811. The minimum Gasteiger partial charge on any atom is -0.369 e. The van der Waals surface area contributed by atoms with Crippen LogP contribution in [-0.4, -0.2) is 15.5 Å². The van der Waals surface area contributed by atoms with E-state index in [1.165, 1.54) is 15.9 Å². The number of fused-ring (bicyclic) bond motifs is 1. The van der Waals surface area contributed by atoms with E-state index in [0.29, 0.717) is 22.2 Å². The summed E-state index contributed by atoms with van der Waals surface area (Å²) in [6, 6.07) is 0. The van der Waals surface area contributed by atoms with Gasteiger partial charge in [0.2, 0.25) is 5.91 Å². The highest BCUT2D eigenvalue weighted by Gasteiger charge is 2.18. The van der Waals surface area contributed by atoms with Gasteiger partial charge in [-0.15, -0.1) is 11.3 Å². The van der Waals surface area contributed by atoms with E-state index in [1.807, 2.05) is 6.92 Å². The summed E-state index contributed by atoms with van der Waals surface area (Å²) >= 11 is 1.36. The molecule has 0 radical (unpaired) electrons. The van der Waals surface area contributed by atoms with Crippen LogP contribution in [0.5, 0.6) is 0 Å². The lowest BCUT2D eigenvalue weighted by molar-refractivity contribution is -0.117. The van der Waals surface area contributed by atoms with Gasteiger partial charge >= 0.3 is 5.69 Å². The summed E-state index contributed by atoms with van der Waals surface area (Å²) in [6.07, 6.45) is 0.708. The number of rotatable bonds is 3. The van der Waals surface area contributed by atoms with E-state index in [2.05, 4.69) is 4.98 Å². The Balaban J connectivity index is 2.91. The van der Waals surface area contributed by atoms with Crippen LogP contribution in [0.3, 0.4) is 0 Å². The maximum absolute atomic E-state index is 11.9. The van der Waals surface area contributed by atoms with Gasteiger partial charge in [-0.05, 0) is 12.0 Å². The molecule has 2 aromatic rings. The standard InChI is InChI=1S/C11H13N3O3S/c1-3-6-5(4-7(12)15)8-9(16)13-11(17)14(2)10(8)18-6/h3-4H2,1-2H3,(H2,12,15)(H,13,16,17). The molecular formula is C11H13N3O3S. The van der Waals surface area contributed by atoms with Gasteiger partial charge in [0.1, 0.15) is 4.83 Å². The van der Waals surface area contributed by atoms with Crippen LogP contribution in [0, 0.1) is 0 Å². The number of H-pyrrole nitrogens is 1. The molecule has 0 saturated carbocycles. The van der Waals surface area contributed by atoms with E-state index in [4.69, 9.17) is 5.73 Å². The van der Waals surface area contributed by atoms with Gasteiger partial charge in [-0.25, -0.2) is 4.79 Å². The fraction of sp³-hybridized carbons (Fsp3) is 0.364. The first kappa shape index (κ1) is 12.6. The van der Waals surface area contributed by atoms with Crippen LogP contribution in [0.15, 0.2) is 9.59 Å². The summed E-state index contributed by atoms with van der Waals surface area (Å²) in [5.74, 6) is -0.488. The Morgan fingerprint density at radius 1 is 1.44 bits per heavy atom. The Kier molecular flexibility index (Phi) is 3.08. The number of aryl methyl sites for hydroxylation is 2. The number of hydrogen-bond donors (Lipinski definition) is 2. The van der Waals surface area contributed by atoms with E-state index < -0.39 is 17.2 Å². The molecule has 0 aliphatic rings. The molecular weight excluding hydrogens is 254 g/mol. The first-order valence-electron chi connectivity index (χ1n) is 5.47. The second-order valence-corrected chi connectivity index (χ2v) is 5.08. The van der Waals surface area contributed by atoms with Crippen molar-refractivity contribution in [2.24, 2.45) is 12.8 Å². The van der Waals surface area contributed by atoms with E-state index >= 15 is 0 Å².